The third-order valence-corrected chi connectivity index (χ3v) is 6.14. The smallest absolute Gasteiger partial charge is 0.328 e. The van der Waals surface area contributed by atoms with E-state index in [2.05, 4.69) is 27.2 Å². The zero-order valence-electron chi connectivity index (χ0n) is 19.4. The molecular weight excluding hydrogens is 523 g/mol. The monoisotopic (exact) mass is 546 g/mol. The number of aliphatic carboxylic acids is 1. The molecule has 5 N–H and O–H groups in total. The minimum atomic E-state index is -1.45. The third-order valence-electron chi connectivity index (χ3n) is 5.54. The highest BCUT2D eigenvalue weighted by molar-refractivity contribution is 6.39. The second kappa shape index (κ2) is 13.0. The number of amides is 3. The van der Waals surface area contributed by atoms with Crippen molar-refractivity contribution in [3.05, 3.63) is 63.5 Å². The van der Waals surface area contributed by atoms with E-state index in [0.717, 1.165) is 0 Å². The molecule has 1 aliphatic heterocycles. The van der Waals surface area contributed by atoms with Crippen molar-refractivity contribution in [1.82, 2.24) is 21.3 Å². The minimum Gasteiger partial charge on any atom is -0.480 e. The van der Waals surface area contributed by atoms with E-state index in [9.17, 15) is 24.3 Å². The summed E-state index contributed by atoms with van der Waals surface area (Å²) in [5.41, 5.74) is 0.374. The number of carboxylic acid groups (broad SMARTS) is 1. The van der Waals surface area contributed by atoms with Gasteiger partial charge in [0.25, 0.3) is 5.91 Å². The quantitative estimate of drug-likeness (QED) is 0.225. The van der Waals surface area contributed by atoms with Crippen molar-refractivity contribution in [2.75, 3.05) is 13.1 Å². The molecule has 1 aliphatic rings. The van der Waals surface area contributed by atoms with E-state index in [1.807, 2.05) is 0 Å². The lowest BCUT2D eigenvalue weighted by Gasteiger charge is -2.19. The van der Waals surface area contributed by atoms with Crippen molar-refractivity contribution >= 4 is 53.0 Å². The molecule has 2 aromatic rings. The first-order valence-electron chi connectivity index (χ1n) is 11.2. The summed E-state index contributed by atoms with van der Waals surface area (Å²) in [6.45, 7) is 0.269. The zero-order valence-corrected chi connectivity index (χ0v) is 20.9. The van der Waals surface area contributed by atoms with Gasteiger partial charge in [-0.2, -0.15) is 0 Å². The second-order valence-electron chi connectivity index (χ2n) is 8.10. The van der Waals surface area contributed by atoms with Crippen LogP contribution in [0.3, 0.4) is 0 Å². The lowest BCUT2D eigenvalue weighted by Crippen LogP contribution is -2.52. The topological polar surface area (TPSA) is 150 Å². The summed E-state index contributed by atoms with van der Waals surface area (Å²) < 4.78 is 5.11. The molecule has 1 fully saturated rings. The average molecular weight is 547 g/mol. The number of carbonyl (C=O) groups is 4. The number of benzene rings is 1. The van der Waals surface area contributed by atoms with Crippen LogP contribution in [-0.2, 0) is 20.9 Å². The molecule has 10 nitrogen and oxygen atoms in total. The SMILES string of the molecule is C#C[C@H]1CCN[C@@H]1C(=O)NC[C@H](NC(=O)c1c(Cl)cc(CNC(=O)/C=C/c2ccco2)cc1Cl)C(=O)O. The molecule has 0 unspecified atom stereocenters. The molecule has 1 aromatic carbocycles. The fraction of sp³-hybridized carbons (Fsp3) is 0.280. The average Bonchev–Trinajstić information content (AvgIpc) is 3.55. The molecule has 0 aliphatic carbocycles. The Kier molecular flexibility index (Phi) is 9.74. The summed E-state index contributed by atoms with van der Waals surface area (Å²) in [6.07, 6.45) is 10.3. The number of hydrogen-bond donors (Lipinski definition) is 5. The highest BCUT2D eigenvalue weighted by Crippen LogP contribution is 2.27. The lowest BCUT2D eigenvalue weighted by atomic mass is 10.0. The number of nitrogens with one attached hydrogen (secondary N) is 4. The predicted molar refractivity (Wildman–Crippen MR) is 137 cm³/mol. The van der Waals surface area contributed by atoms with E-state index in [1.54, 1.807) is 12.1 Å². The van der Waals surface area contributed by atoms with Crippen LogP contribution in [0.15, 0.2) is 41.0 Å². The van der Waals surface area contributed by atoms with Crippen LogP contribution in [0.1, 0.15) is 28.1 Å². The van der Waals surface area contributed by atoms with Crippen LogP contribution in [-0.4, -0.2) is 54.0 Å². The molecule has 0 saturated carbocycles. The first-order chi connectivity index (χ1) is 17.7. The van der Waals surface area contributed by atoms with Gasteiger partial charge < -0.3 is 30.8 Å². The van der Waals surface area contributed by atoms with E-state index in [0.29, 0.717) is 24.3 Å². The van der Waals surface area contributed by atoms with Gasteiger partial charge in [-0.15, -0.1) is 12.3 Å². The van der Waals surface area contributed by atoms with Gasteiger partial charge in [-0.25, -0.2) is 4.79 Å². The molecule has 37 heavy (non-hydrogen) atoms. The first-order valence-corrected chi connectivity index (χ1v) is 11.9. The van der Waals surface area contributed by atoms with Gasteiger partial charge in [0.05, 0.1) is 21.9 Å². The normalized spacial score (nSPS) is 17.6. The maximum Gasteiger partial charge on any atom is 0.328 e. The fourth-order valence-electron chi connectivity index (χ4n) is 3.64. The van der Waals surface area contributed by atoms with E-state index in [4.69, 9.17) is 34.0 Å². The standard InChI is InChI=1S/C25H24Cl2N4O6/c1-2-15-7-8-28-22(15)24(34)30-13-19(25(35)36)31-23(33)21-17(26)10-14(11-18(21)27)12-29-20(32)6-5-16-4-3-9-37-16/h1,3-6,9-11,15,19,22,28H,7-8,12-13H2,(H,29,32)(H,30,34)(H,31,33)(H,35,36)/b6-5+/t15-,19-,22-/m0/s1. The maximum atomic E-state index is 12.8. The zero-order chi connectivity index (χ0) is 26.9. The molecule has 3 rings (SSSR count). The molecule has 0 spiro atoms. The van der Waals surface area contributed by atoms with Crippen molar-refractivity contribution in [3.63, 3.8) is 0 Å². The molecule has 1 aromatic heterocycles. The van der Waals surface area contributed by atoms with Crippen LogP contribution in [0.25, 0.3) is 6.08 Å². The Balaban J connectivity index is 1.59. The van der Waals surface area contributed by atoms with Crippen LogP contribution in [0.4, 0.5) is 0 Å². The highest BCUT2D eigenvalue weighted by Gasteiger charge is 2.32. The van der Waals surface area contributed by atoms with Crippen molar-refractivity contribution in [3.8, 4) is 12.3 Å². The van der Waals surface area contributed by atoms with Crippen LogP contribution >= 0.6 is 23.2 Å². The van der Waals surface area contributed by atoms with E-state index >= 15 is 0 Å². The number of carbonyl (C=O) groups excluding carboxylic acids is 3. The lowest BCUT2D eigenvalue weighted by molar-refractivity contribution is -0.139. The molecule has 194 valence electrons. The summed E-state index contributed by atoms with van der Waals surface area (Å²) in [5, 5.41) is 19.9. The van der Waals surface area contributed by atoms with Gasteiger partial charge in [-0.3, -0.25) is 14.4 Å². The summed E-state index contributed by atoms with van der Waals surface area (Å²) in [6, 6.07) is 4.17. The predicted octanol–water partition coefficient (Wildman–Crippen LogP) is 1.83. The highest BCUT2D eigenvalue weighted by atomic mass is 35.5. The molecule has 12 heteroatoms. The minimum absolute atomic E-state index is 0.0411. The van der Waals surface area contributed by atoms with E-state index in [1.165, 1.54) is 30.5 Å². The van der Waals surface area contributed by atoms with Gasteiger partial charge in [0.2, 0.25) is 11.8 Å². The van der Waals surface area contributed by atoms with Gasteiger partial charge in [-0.1, -0.05) is 23.2 Å². The Morgan fingerprint density at radius 1 is 1.24 bits per heavy atom. The molecule has 2 heterocycles. The van der Waals surface area contributed by atoms with Gasteiger partial charge in [0, 0.05) is 25.1 Å². The van der Waals surface area contributed by atoms with E-state index < -0.39 is 35.8 Å². The Labute approximate surface area is 222 Å². The third kappa shape index (κ3) is 7.60. The van der Waals surface area contributed by atoms with Crippen molar-refractivity contribution in [1.29, 1.82) is 0 Å². The molecule has 1 saturated heterocycles. The Bertz CT molecular complexity index is 1220. The van der Waals surface area contributed by atoms with Gasteiger partial charge in [0.1, 0.15) is 17.8 Å². The summed E-state index contributed by atoms with van der Waals surface area (Å²) in [5.74, 6) is -0.300. The maximum absolute atomic E-state index is 12.8. The summed E-state index contributed by atoms with van der Waals surface area (Å²) in [4.78, 5) is 48.9. The molecule has 0 bridgehead atoms. The Morgan fingerprint density at radius 2 is 1.97 bits per heavy atom. The Morgan fingerprint density at radius 3 is 2.59 bits per heavy atom. The fourth-order valence-corrected chi connectivity index (χ4v) is 4.34. The molecule has 0 radical (unpaired) electrons. The van der Waals surface area contributed by atoms with Gasteiger partial charge >= 0.3 is 5.97 Å². The van der Waals surface area contributed by atoms with Crippen molar-refractivity contribution in [2.24, 2.45) is 5.92 Å². The first kappa shape index (κ1) is 27.8. The van der Waals surface area contributed by atoms with Crippen LogP contribution in [0.2, 0.25) is 10.0 Å². The Hall–Kier alpha value is -3.78. The number of terminal acetylenes is 1. The van der Waals surface area contributed by atoms with Crippen LogP contribution in [0, 0.1) is 18.3 Å². The van der Waals surface area contributed by atoms with Gasteiger partial charge in [-0.05, 0) is 48.9 Å². The van der Waals surface area contributed by atoms with Crippen LogP contribution < -0.4 is 21.3 Å². The number of hydrogen-bond acceptors (Lipinski definition) is 6. The van der Waals surface area contributed by atoms with Gasteiger partial charge in [0.15, 0.2) is 0 Å². The van der Waals surface area contributed by atoms with Crippen LogP contribution in [0.5, 0.6) is 0 Å². The number of halogens is 2. The largest absolute Gasteiger partial charge is 0.480 e. The molecule has 3 amide bonds. The molecule has 3 atom stereocenters. The van der Waals surface area contributed by atoms with Crippen molar-refractivity contribution < 1.29 is 28.7 Å². The second-order valence-corrected chi connectivity index (χ2v) is 8.92. The number of rotatable bonds is 10. The van der Waals surface area contributed by atoms with E-state index in [-0.39, 0.29) is 34.6 Å². The number of carboxylic acids is 1. The van der Waals surface area contributed by atoms with Crippen molar-refractivity contribution in [2.45, 2.75) is 25.0 Å². The molecular formula is C25H24Cl2N4O6. The summed E-state index contributed by atoms with van der Waals surface area (Å²) >= 11 is 12.5. The summed E-state index contributed by atoms with van der Waals surface area (Å²) in [7, 11) is 0. The number of furan rings is 1.